The van der Waals surface area contributed by atoms with Gasteiger partial charge in [0.25, 0.3) is 0 Å². The zero-order valence-corrected chi connectivity index (χ0v) is 12.2. The number of aryl methyl sites for hydroxylation is 1. The van der Waals surface area contributed by atoms with E-state index >= 15 is 0 Å². The molecule has 1 aromatic carbocycles. The molecule has 0 aliphatic carbocycles. The number of benzene rings is 1. The summed E-state index contributed by atoms with van der Waals surface area (Å²) in [6.07, 6.45) is 3.35. The quantitative estimate of drug-likeness (QED) is 0.907. The Hall–Kier alpha value is -1.06. The highest BCUT2D eigenvalue weighted by Gasteiger charge is 2.37. The number of nitrogens with one attached hydrogen (secondary N) is 1. The molecule has 1 saturated heterocycles. The molecule has 1 atom stereocenters. The molecular formula is C15H19ClN2O. The predicted octanol–water partition coefficient (Wildman–Crippen LogP) is 3.82. The van der Waals surface area contributed by atoms with Gasteiger partial charge in [-0.2, -0.15) is 0 Å². The molecule has 0 spiro atoms. The van der Waals surface area contributed by atoms with Crippen LogP contribution in [0, 0.1) is 6.92 Å². The lowest BCUT2D eigenvalue weighted by Gasteiger charge is -2.33. The third-order valence-electron chi connectivity index (χ3n) is 4.24. The number of aromatic nitrogens is 1. The van der Waals surface area contributed by atoms with E-state index in [0.29, 0.717) is 0 Å². The maximum atomic E-state index is 6.09. The molecule has 2 aromatic rings. The van der Waals surface area contributed by atoms with Crippen molar-refractivity contribution in [3.8, 4) is 0 Å². The molecule has 102 valence electrons. The summed E-state index contributed by atoms with van der Waals surface area (Å²) in [6.45, 7) is 6.26. The Bertz CT molecular complexity index is 599. The molecule has 1 aliphatic rings. The minimum atomic E-state index is 0.0379. The van der Waals surface area contributed by atoms with Crippen molar-refractivity contribution in [1.29, 1.82) is 0 Å². The van der Waals surface area contributed by atoms with Crippen molar-refractivity contribution in [2.45, 2.75) is 38.5 Å². The number of fused-ring (bicyclic) bond motifs is 1. The average Bonchev–Trinajstić information content (AvgIpc) is 2.84. The smallest absolute Gasteiger partial charge is 0.202 e. The molecule has 1 N–H and O–H groups in total. The second-order valence-electron chi connectivity index (χ2n) is 5.50. The van der Waals surface area contributed by atoms with Crippen molar-refractivity contribution in [3.63, 3.8) is 0 Å². The van der Waals surface area contributed by atoms with Crippen LogP contribution in [0.3, 0.4) is 0 Å². The van der Waals surface area contributed by atoms with E-state index in [-0.39, 0.29) is 5.41 Å². The van der Waals surface area contributed by atoms with Gasteiger partial charge in [-0.25, -0.2) is 4.98 Å². The lowest BCUT2D eigenvalue weighted by Crippen LogP contribution is -2.43. The molecule has 1 aromatic heterocycles. The van der Waals surface area contributed by atoms with Crippen LogP contribution < -0.4 is 5.32 Å². The molecule has 0 bridgehead atoms. The van der Waals surface area contributed by atoms with Gasteiger partial charge in [0.1, 0.15) is 5.52 Å². The number of halogens is 1. The van der Waals surface area contributed by atoms with Crippen LogP contribution in [0.4, 0.5) is 0 Å². The molecule has 0 saturated carbocycles. The van der Waals surface area contributed by atoms with Crippen LogP contribution in [0.2, 0.25) is 5.02 Å². The Balaban J connectivity index is 2.11. The average molecular weight is 279 g/mol. The van der Waals surface area contributed by atoms with Gasteiger partial charge in [0.15, 0.2) is 5.58 Å². The van der Waals surface area contributed by atoms with Gasteiger partial charge in [-0.15, -0.1) is 0 Å². The van der Waals surface area contributed by atoms with Gasteiger partial charge in [-0.3, -0.25) is 0 Å². The number of piperidine rings is 1. The maximum Gasteiger partial charge on any atom is 0.202 e. The molecule has 0 amide bonds. The monoisotopic (exact) mass is 278 g/mol. The van der Waals surface area contributed by atoms with Crippen LogP contribution in [0.1, 0.15) is 37.6 Å². The molecule has 1 unspecified atom stereocenters. The van der Waals surface area contributed by atoms with Gasteiger partial charge in [-0.05, 0) is 50.4 Å². The fourth-order valence-corrected chi connectivity index (χ4v) is 3.25. The SMILES string of the molecule is CCC1(c2nc3cc(Cl)cc(C)c3o2)CCCNC1. The van der Waals surface area contributed by atoms with Crippen LogP contribution in [0.25, 0.3) is 11.1 Å². The molecule has 19 heavy (non-hydrogen) atoms. The lowest BCUT2D eigenvalue weighted by atomic mass is 9.78. The Morgan fingerprint density at radius 1 is 1.47 bits per heavy atom. The molecule has 1 aliphatic heterocycles. The van der Waals surface area contributed by atoms with E-state index in [1.807, 2.05) is 19.1 Å². The number of nitrogens with zero attached hydrogens (tertiary/aromatic N) is 1. The van der Waals surface area contributed by atoms with Crippen LogP contribution in [0.5, 0.6) is 0 Å². The van der Waals surface area contributed by atoms with E-state index in [0.717, 1.165) is 53.5 Å². The Labute approximate surface area is 118 Å². The first-order chi connectivity index (χ1) is 9.14. The number of hydrogen-bond donors (Lipinski definition) is 1. The standard InChI is InChI=1S/C15H19ClN2O/c1-3-15(5-4-6-17-9-15)14-18-12-8-11(16)7-10(2)13(12)19-14/h7-8,17H,3-6,9H2,1-2H3. The lowest BCUT2D eigenvalue weighted by molar-refractivity contribution is 0.248. The van der Waals surface area contributed by atoms with Crippen molar-refractivity contribution in [2.24, 2.45) is 0 Å². The van der Waals surface area contributed by atoms with Gasteiger partial charge in [0.05, 0.1) is 5.41 Å². The van der Waals surface area contributed by atoms with Crippen molar-refractivity contribution in [3.05, 3.63) is 28.6 Å². The van der Waals surface area contributed by atoms with Crippen LogP contribution in [0.15, 0.2) is 16.5 Å². The molecule has 1 fully saturated rings. The van der Waals surface area contributed by atoms with Gasteiger partial charge in [-0.1, -0.05) is 18.5 Å². The molecule has 3 nitrogen and oxygen atoms in total. The third-order valence-corrected chi connectivity index (χ3v) is 4.46. The summed E-state index contributed by atoms with van der Waals surface area (Å²) < 4.78 is 6.08. The maximum absolute atomic E-state index is 6.09. The van der Waals surface area contributed by atoms with E-state index in [1.54, 1.807) is 0 Å². The summed E-state index contributed by atoms with van der Waals surface area (Å²) in [5.74, 6) is 0.863. The highest BCUT2D eigenvalue weighted by molar-refractivity contribution is 6.31. The van der Waals surface area contributed by atoms with E-state index < -0.39 is 0 Å². The summed E-state index contributed by atoms with van der Waals surface area (Å²) in [4.78, 5) is 4.71. The number of rotatable bonds is 2. The van der Waals surface area contributed by atoms with Gasteiger partial charge >= 0.3 is 0 Å². The topological polar surface area (TPSA) is 38.1 Å². The minimum absolute atomic E-state index is 0.0379. The Morgan fingerprint density at radius 2 is 2.32 bits per heavy atom. The highest BCUT2D eigenvalue weighted by Crippen LogP contribution is 2.36. The largest absolute Gasteiger partial charge is 0.440 e. The minimum Gasteiger partial charge on any atom is -0.440 e. The number of oxazole rings is 1. The first-order valence-corrected chi connectivity index (χ1v) is 7.30. The van der Waals surface area contributed by atoms with Crippen LogP contribution in [-0.4, -0.2) is 18.1 Å². The van der Waals surface area contributed by atoms with Crippen LogP contribution in [-0.2, 0) is 5.41 Å². The summed E-state index contributed by atoms with van der Waals surface area (Å²) in [7, 11) is 0. The van der Waals surface area contributed by atoms with Gasteiger partial charge in [0.2, 0.25) is 5.89 Å². The zero-order chi connectivity index (χ0) is 13.5. The molecular weight excluding hydrogens is 260 g/mol. The van der Waals surface area contributed by atoms with Gasteiger partial charge < -0.3 is 9.73 Å². The van der Waals surface area contributed by atoms with Gasteiger partial charge in [0, 0.05) is 11.6 Å². The fraction of sp³-hybridized carbons (Fsp3) is 0.533. The second-order valence-corrected chi connectivity index (χ2v) is 5.94. The summed E-state index contributed by atoms with van der Waals surface area (Å²) in [5, 5.41) is 4.19. The number of hydrogen-bond acceptors (Lipinski definition) is 3. The third kappa shape index (κ3) is 2.15. The first kappa shape index (κ1) is 12.9. The van der Waals surface area contributed by atoms with E-state index in [1.165, 1.54) is 6.42 Å². The molecule has 4 heteroatoms. The van der Waals surface area contributed by atoms with E-state index in [2.05, 4.69) is 12.2 Å². The molecule has 2 heterocycles. The summed E-state index contributed by atoms with van der Waals surface area (Å²) in [5.41, 5.74) is 2.84. The van der Waals surface area contributed by atoms with Crippen LogP contribution >= 0.6 is 11.6 Å². The van der Waals surface area contributed by atoms with Crippen molar-refractivity contribution >= 4 is 22.7 Å². The Kier molecular flexibility index (Phi) is 3.27. The molecule has 3 rings (SSSR count). The molecule has 0 radical (unpaired) electrons. The normalized spacial score (nSPS) is 23.9. The zero-order valence-electron chi connectivity index (χ0n) is 11.4. The predicted molar refractivity (Wildman–Crippen MR) is 77.8 cm³/mol. The second kappa shape index (κ2) is 4.80. The fourth-order valence-electron chi connectivity index (χ4n) is 2.99. The summed E-state index contributed by atoms with van der Waals surface area (Å²) in [6, 6.07) is 3.81. The van der Waals surface area contributed by atoms with Crippen molar-refractivity contribution in [2.75, 3.05) is 13.1 Å². The van der Waals surface area contributed by atoms with Crippen molar-refractivity contribution in [1.82, 2.24) is 10.3 Å². The van der Waals surface area contributed by atoms with E-state index in [9.17, 15) is 0 Å². The first-order valence-electron chi connectivity index (χ1n) is 6.92. The van der Waals surface area contributed by atoms with E-state index in [4.69, 9.17) is 21.0 Å². The summed E-state index contributed by atoms with van der Waals surface area (Å²) >= 11 is 6.09. The highest BCUT2D eigenvalue weighted by atomic mass is 35.5. The Morgan fingerprint density at radius 3 is 3.00 bits per heavy atom. The van der Waals surface area contributed by atoms with Crippen molar-refractivity contribution < 1.29 is 4.42 Å².